The van der Waals surface area contributed by atoms with Gasteiger partial charge < -0.3 is 25.0 Å². The van der Waals surface area contributed by atoms with Crippen molar-refractivity contribution in [2.75, 3.05) is 13.6 Å². The first-order chi connectivity index (χ1) is 13.0. The fourth-order valence-electron chi connectivity index (χ4n) is 4.69. The number of aliphatic hydroxyl groups is 2. The molecule has 0 radical (unpaired) electrons. The zero-order valence-corrected chi connectivity index (χ0v) is 17.7. The Morgan fingerprint density at radius 1 is 1.29 bits per heavy atom. The Morgan fingerprint density at radius 3 is 2.54 bits per heavy atom. The lowest BCUT2D eigenvalue weighted by molar-refractivity contribution is -0.141. The Labute approximate surface area is 168 Å². The van der Waals surface area contributed by atoms with Gasteiger partial charge in [-0.3, -0.25) is 9.59 Å². The maximum absolute atomic E-state index is 12.7. The van der Waals surface area contributed by atoms with Gasteiger partial charge in [0.05, 0.1) is 30.3 Å². The van der Waals surface area contributed by atoms with Crippen LogP contribution in [0.2, 0.25) is 0 Å². The molecule has 0 aromatic heterocycles. The summed E-state index contributed by atoms with van der Waals surface area (Å²) in [5.41, 5.74) is -0.703. The quantitative estimate of drug-likeness (QED) is 0.492. The lowest BCUT2D eigenvalue weighted by Crippen LogP contribution is -2.46. The fraction of sp³-hybridized carbons (Fsp3) is 0.905. The van der Waals surface area contributed by atoms with Gasteiger partial charge in [-0.2, -0.15) is 0 Å². The number of carbonyl (C=O) groups excluding carboxylic acids is 1. The first-order valence-corrected chi connectivity index (χ1v) is 10.5. The molecule has 1 amide bonds. The molecular weight excluding hydrogens is 362 g/mol. The summed E-state index contributed by atoms with van der Waals surface area (Å²) in [7, 11) is 1.86. The standard InChI is InChI=1S/C21H37NO6/c1-5-20(2,3)19(27)22(4)13-14-10-17-7-9-21(14,28-17)8-6-15(23)11-16(24)12-18(25)26/h14-17,23-24H,5-13H2,1-4H3,(H,25,26)/t14-,15-,16-,17+,21-/m1/s1. The number of aliphatic hydroxyl groups excluding tert-OH is 2. The fourth-order valence-corrected chi connectivity index (χ4v) is 4.69. The summed E-state index contributed by atoms with van der Waals surface area (Å²) >= 11 is 0. The molecule has 3 N–H and O–H groups in total. The van der Waals surface area contributed by atoms with Crippen molar-refractivity contribution in [1.82, 2.24) is 4.90 Å². The van der Waals surface area contributed by atoms with E-state index in [0.29, 0.717) is 19.4 Å². The van der Waals surface area contributed by atoms with Gasteiger partial charge in [-0.05, 0) is 44.9 Å². The van der Waals surface area contributed by atoms with Crippen LogP contribution in [0.3, 0.4) is 0 Å². The largest absolute Gasteiger partial charge is 0.481 e. The maximum atomic E-state index is 12.7. The Balaban J connectivity index is 1.92. The molecule has 5 atom stereocenters. The number of aliphatic carboxylic acids is 1. The van der Waals surface area contributed by atoms with Gasteiger partial charge in [0.15, 0.2) is 0 Å². The number of rotatable bonds is 11. The summed E-state index contributed by atoms with van der Waals surface area (Å²) in [6.45, 7) is 6.61. The van der Waals surface area contributed by atoms with Gasteiger partial charge in [0.25, 0.3) is 0 Å². The van der Waals surface area contributed by atoms with E-state index in [1.54, 1.807) is 0 Å². The summed E-state index contributed by atoms with van der Waals surface area (Å²) in [4.78, 5) is 25.2. The van der Waals surface area contributed by atoms with E-state index in [9.17, 15) is 19.8 Å². The minimum atomic E-state index is -1.07. The second-order valence-electron chi connectivity index (χ2n) is 9.38. The van der Waals surface area contributed by atoms with Crippen LogP contribution in [0.15, 0.2) is 0 Å². The van der Waals surface area contributed by atoms with Crippen molar-refractivity contribution in [3.05, 3.63) is 0 Å². The third-order valence-corrected chi connectivity index (χ3v) is 6.74. The number of carbonyl (C=O) groups is 2. The molecular formula is C21H37NO6. The van der Waals surface area contributed by atoms with Gasteiger partial charge in [0.2, 0.25) is 5.91 Å². The molecule has 2 aliphatic heterocycles. The van der Waals surface area contributed by atoms with E-state index in [-0.39, 0.29) is 41.8 Å². The van der Waals surface area contributed by atoms with E-state index >= 15 is 0 Å². The van der Waals surface area contributed by atoms with E-state index in [1.165, 1.54) is 0 Å². The van der Waals surface area contributed by atoms with Crippen LogP contribution in [-0.2, 0) is 14.3 Å². The molecule has 28 heavy (non-hydrogen) atoms. The number of ether oxygens (including phenoxy) is 1. The topological polar surface area (TPSA) is 107 Å². The highest BCUT2D eigenvalue weighted by molar-refractivity contribution is 5.81. The molecule has 2 bridgehead atoms. The van der Waals surface area contributed by atoms with Crippen molar-refractivity contribution in [2.45, 2.75) is 96.1 Å². The summed E-state index contributed by atoms with van der Waals surface area (Å²) in [5, 5.41) is 28.7. The molecule has 0 aromatic carbocycles. The van der Waals surface area contributed by atoms with Gasteiger partial charge in [-0.25, -0.2) is 0 Å². The zero-order chi connectivity index (χ0) is 21.1. The normalized spacial score (nSPS) is 28.9. The lowest BCUT2D eigenvalue weighted by atomic mass is 9.75. The number of hydrogen-bond acceptors (Lipinski definition) is 5. The smallest absolute Gasteiger partial charge is 0.305 e. The number of carboxylic acid groups (broad SMARTS) is 1. The third-order valence-electron chi connectivity index (χ3n) is 6.74. The van der Waals surface area contributed by atoms with Gasteiger partial charge in [-0.1, -0.05) is 20.8 Å². The van der Waals surface area contributed by atoms with Gasteiger partial charge in [0.1, 0.15) is 0 Å². The second kappa shape index (κ2) is 9.09. The maximum Gasteiger partial charge on any atom is 0.305 e. The molecule has 7 nitrogen and oxygen atoms in total. The highest BCUT2D eigenvalue weighted by Crippen LogP contribution is 2.50. The van der Waals surface area contributed by atoms with Crippen molar-refractivity contribution < 1.29 is 29.6 Å². The highest BCUT2D eigenvalue weighted by Gasteiger charge is 2.53. The molecule has 0 saturated carbocycles. The predicted octanol–water partition coefficient (Wildman–Crippen LogP) is 2.19. The van der Waals surface area contributed by atoms with Crippen molar-refractivity contribution in [3.63, 3.8) is 0 Å². The minimum Gasteiger partial charge on any atom is -0.481 e. The summed E-state index contributed by atoms with van der Waals surface area (Å²) in [5.74, 6) is -0.687. The summed E-state index contributed by atoms with van der Waals surface area (Å²) < 4.78 is 6.28. The van der Waals surface area contributed by atoms with Crippen LogP contribution in [0.1, 0.15) is 72.1 Å². The van der Waals surface area contributed by atoms with Crippen LogP contribution in [-0.4, -0.2) is 69.6 Å². The van der Waals surface area contributed by atoms with Crippen LogP contribution < -0.4 is 0 Å². The molecule has 0 spiro atoms. The zero-order valence-electron chi connectivity index (χ0n) is 17.7. The van der Waals surface area contributed by atoms with E-state index in [4.69, 9.17) is 9.84 Å². The molecule has 2 fully saturated rings. The monoisotopic (exact) mass is 399 g/mol. The van der Waals surface area contributed by atoms with Crippen molar-refractivity contribution in [3.8, 4) is 0 Å². The lowest BCUT2D eigenvalue weighted by Gasteiger charge is -2.37. The second-order valence-corrected chi connectivity index (χ2v) is 9.38. The van der Waals surface area contributed by atoms with Crippen molar-refractivity contribution in [1.29, 1.82) is 0 Å². The average Bonchev–Trinajstić information content (AvgIpc) is 3.16. The Bertz CT molecular complexity index is 565. The highest BCUT2D eigenvalue weighted by atomic mass is 16.5. The molecule has 0 aliphatic carbocycles. The third kappa shape index (κ3) is 5.45. The van der Waals surface area contributed by atoms with Crippen LogP contribution in [0.25, 0.3) is 0 Å². The van der Waals surface area contributed by atoms with E-state index < -0.39 is 18.2 Å². The van der Waals surface area contributed by atoms with Crippen LogP contribution in [0.4, 0.5) is 0 Å². The van der Waals surface area contributed by atoms with Crippen LogP contribution in [0, 0.1) is 11.3 Å². The van der Waals surface area contributed by atoms with Gasteiger partial charge >= 0.3 is 5.97 Å². The molecule has 0 unspecified atom stereocenters. The Hall–Kier alpha value is -1.18. The van der Waals surface area contributed by atoms with Crippen molar-refractivity contribution >= 4 is 11.9 Å². The van der Waals surface area contributed by atoms with E-state index in [1.807, 2.05) is 32.7 Å². The SMILES string of the molecule is CCC(C)(C)C(=O)N(C)C[C@H]1C[C@@H]2CC[C@@]1(CC[C@@H](O)C[C@@H](O)CC(=O)O)O2. The molecule has 7 heteroatoms. The molecule has 162 valence electrons. The number of amides is 1. The minimum absolute atomic E-state index is 0.0551. The first-order valence-electron chi connectivity index (χ1n) is 10.5. The molecule has 2 aliphatic rings. The van der Waals surface area contributed by atoms with Gasteiger partial charge in [0, 0.05) is 24.9 Å². The van der Waals surface area contributed by atoms with Crippen LogP contribution >= 0.6 is 0 Å². The predicted molar refractivity (Wildman–Crippen MR) is 105 cm³/mol. The molecule has 2 rings (SSSR count). The van der Waals surface area contributed by atoms with Crippen molar-refractivity contribution in [2.24, 2.45) is 11.3 Å². The number of fused-ring (bicyclic) bond motifs is 2. The van der Waals surface area contributed by atoms with E-state index in [2.05, 4.69) is 0 Å². The summed E-state index contributed by atoms with van der Waals surface area (Å²) in [6, 6.07) is 0. The molecule has 0 aromatic rings. The molecule has 2 saturated heterocycles. The average molecular weight is 400 g/mol. The van der Waals surface area contributed by atoms with E-state index in [0.717, 1.165) is 25.7 Å². The first kappa shape index (κ1) is 23.1. The van der Waals surface area contributed by atoms with Gasteiger partial charge in [-0.15, -0.1) is 0 Å². The Kier molecular flexibility index (Phi) is 7.50. The Morgan fingerprint density at radius 2 is 1.96 bits per heavy atom. The number of carboxylic acids is 1. The molecule has 2 heterocycles. The number of hydrogen-bond donors (Lipinski definition) is 3. The number of nitrogens with zero attached hydrogens (tertiary/aromatic N) is 1. The van der Waals surface area contributed by atoms with Crippen LogP contribution in [0.5, 0.6) is 0 Å². The summed E-state index contributed by atoms with van der Waals surface area (Å²) in [6.07, 6.45) is 2.89.